The van der Waals surface area contributed by atoms with Crippen LogP contribution in [0.15, 0.2) is 45.6 Å². The molecular formula is C10H6N2OS2. The number of benzene rings is 1. The molecule has 74 valence electrons. The van der Waals surface area contributed by atoms with Crippen molar-refractivity contribution in [1.82, 2.24) is 4.57 Å². The molecule has 15 heavy (non-hydrogen) atoms. The average molecular weight is 234 g/mol. The number of hydrogen-bond acceptors (Lipinski definition) is 4. The van der Waals surface area contributed by atoms with Gasteiger partial charge in [-0.1, -0.05) is 17.4 Å². The predicted octanol–water partition coefficient (Wildman–Crippen LogP) is 2.63. The van der Waals surface area contributed by atoms with Crippen molar-refractivity contribution in [2.24, 2.45) is 4.99 Å². The first kappa shape index (κ1) is 9.98. The van der Waals surface area contributed by atoms with Crippen molar-refractivity contribution in [3.8, 4) is 5.69 Å². The Morgan fingerprint density at radius 1 is 1.47 bits per heavy atom. The minimum absolute atomic E-state index is 0.0153. The maximum absolute atomic E-state index is 11.4. The highest BCUT2D eigenvalue weighted by atomic mass is 32.1. The van der Waals surface area contributed by atoms with Crippen LogP contribution in [0.3, 0.4) is 0 Å². The van der Waals surface area contributed by atoms with Crippen molar-refractivity contribution in [1.29, 1.82) is 0 Å². The molecule has 1 heterocycles. The lowest BCUT2D eigenvalue weighted by Gasteiger charge is -2.00. The molecule has 0 unspecified atom stereocenters. The number of nitrogens with zero attached hydrogens (tertiary/aromatic N) is 2. The molecule has 0 saturated heterocycles. The normalized spacial score (nSPS) is 9.60. The van der Waals surface area contributed by atoms with Crippen molar-refractivity contribution in [2.45, 2.75) is 0 Å². The standard InChI is InChI=1S/C10H6N2OS2/c13-10-12(4-5-15-10)9-3-1-2-8(6-9)11-7-14/h1-6H. The van der Waals surface area contributed by atoms with Gasteiger partial charge in [-0.25, -0.2) is 0 Å². The maximum atomic E-state index is 11.4. The van der Waals surface area contributed by atoms with Crippen LogP contribution in [0.2, 0.25) is 0 Å². The molecule has 0 spiro atoms. The molecule has 0 saturated carbocycles. The molecule has 3 nitrogen and oxygen atoms in total. The molecule has 0 fully saturated rings. The number of rotatable bonds is 2. The fourth-order valence-electron chi connectivity index (χ4n) is 1.22. The zero-order chi connectivity index (χ0) is 10.7. The SMILES string of the molecule is O=c1sccn1-c1cccc(N=C=S)c1. The van der Waals surface area contributed by atoms with Crippen LogP contribution in [-0.4, -0.2) is 9.73 Å². The number of aromatic nitrogens is 1. The minimum Gasteiger partial charge on any atom is -0.275 e. The first-order valence-electron chi connectivity index (χ1n) is 4.16. The topological polar surface area (TPSA) is 34.4 Å². The van der Waals surface area contributed by atoms with Crippen LogP contribution in [-0.2, 0) is 0 Å². The highest BCUT2D eigenvalue weighted by Crippen LogP contribution is 2.15. The summed E-state index contributed by atoms with van der Waals surface area (Å²) in [7, 11) is 0. The highest BCUT2D eigenvalue weighted by Gasteiger charge is 2.00. The maximum Gasteiger partial charge on any atom is 0.311 e. The third kappa shape index (κ3) is 2.10. The number of hydrogen-bond donors (Lipinski definition) is 0. The van der Waals surface area contributed by atoms with Gasteiger partial charge in [0.15, 0.2) is 0 Å². The van der Waals surface area contributed by atoms with Crippen LogP contribution in [0, 0.1) is 0 Å². The van der Waals surface area contributed by atoms with E-state index in [9.17, 15) is 4.79 Å². The molecule has 0 aliphatic rings. The van der Waals surface area contributed by atoms with E-state index < -0.39 is 0 Å². The Morgan fingerprint density at radius 2 is 2.33 bits per heavy atom. The first-order valence-corrected chi connectivity index (χ1v) is 5.44. The molecule has 1 aromatic carbocycles. The molecule has 0 atom stereocenters. The Hall–Kier alpha value is -1.55. The lowest BCUT2D eigenvalue weighted by molar-refractivity contribution is 1.04. The Labute approximate surface area is 95.3 Å². The second-order valence-electron chi connectivity index (χ2n) is 2.76. The Morgan fingerprint density at radius 3 is 3.00 bits per heavy atom. The predicted molar refractivity (Wildman–Crippen MR) is 64.6 cm³/mol. The molecular weight excluding hydrogens is 228 g/mol. The van der Waals surface area contributed by atoms with Crippen LogP contribution >= 0.6 is 23.6 Å². The summed E-state index contributed by atoms with van der Waals surface area (Å²) in [5.41, 5.74) is 1.48. The highest BCUT2D eigenvalue weighted by molar-refractivity contribution is 7.78. The Balaban J connectivity index is 2.55. The van der Waals surface area contributed by atoms with Crippen LogP contribution in [0.25, 0.3) is 5.69 Å². The summed E-state index contributed by atoms with van der Waals surface area (Å²) >= 11 is 5.68. The fourth-order valence-corrected chi connectivity index (χ4v) is 1.91. The van der Waals surface area contributed by atoms with E-state index in [1.54, 1.807) is 28.3 Å². The van der Waals surface area contributed by atoms with E-state index in [2.05, 4.69) is 22.4 Å². The van der Waals surface area contributed by atoms with Gasteiger partial charge in [0.2, 0.25) is 0 Å². The third-order valence-electron chi connectivity index (χ3n) is 1.86. The van der Waals surface area contributed by atoms with Crippen LogP contribution in [0.5, 0.6) is 0 Å². The third-order valence-corrected chi connectivity index (χ3v) is 2.61. The van der Waals surface area contributed by atoms with Gasteiger partial charge in [0.05, 0.1) is 16.5 Å². The number of thiazole rings is 1. The van der Waals surface area contributed by atoms with Gasteiger partial charge in [0.25, 0.3) is 0 Å². The van der Waals surface area contributed by atoms with E-state index in [1.165, 1.54) is 0 Å². The van der Waals surface area contributed by atoms with Crippen molar-refractivity contribution in [3.63, 3.8) is 0 Å². The van der Waals surface area contributed by atoms with Gasteiger partial charge in [-0.05, 0) is 30.4 Å². The van der Waals surface area contributed by atoms with E-state index >= 15 is 0 Å². The van der Waals surface area contributed by atoms with Crippen molar-refractivity contribution in [3.05, 3.63) is 45.5 Å². The minimum atomic E-state index is -0.0153. The molecule has 0 amide bonds. The first-order chi connectivity index (χ1) is 7.31. The second-order valence-corrected chi connectivity index (χ2v) is 3.80. The van der Waals surface area contributed by atoms with Gasteiger partial charge in [-0.3, -0.25) is 9.36 Å². The summed E-state index contributed by atoms with van der Waals surface area (Å²) in [5, 5.41) is 4.04. The summed E-state index contributed by atoms with van der Waals surface area (Å²) in [5.74, 6) is 0. The summed E-state index contributed by atoms with van der Waals surface area (Å²) in [6.07, 6.45) is 1.73. The molecule has 0 radical (unpaired) electrons. The molecule has 0 aliphatic carbocycles. The Kier molecular flexibility index (Phi) is 2.87. The molecule has 0 bridgehead atoms. The fraction of sp³-hybridized carbons (Fsp3) is 0. The lowest BCUT2D eigenvalue weighted by Crippen LogP contribution is -2.08. The zero-order valence-electron chi connectivity index (χ0n) is 7.58. The zero-order valence-corrected chi connectivity index (χ0v) is 9.22. The van der Waals surface area contributed by atoms with Gasteiger partial charge < -0.3 is 0 Å². The van der Waals surface area contributed by atoms with E-state index in [4.69, 9.17) is 0 Å². The van der Waals surface area contributed by atoms with Crippen LogP contribution in [0.1, 0.15) is 0 Å². The molecule has 0 N–H and O–H groups in total. The molecule has 2 aromatic rings. The van der Waals surface area contributed by atoms with Gasteiger partial charge >= 0.3 is 4.87 Å². The molecule has 1 aromatic heterocycles. The summed E-state index contributed by atoms with van der Waals surface area (Å²) in [6, 6.07) is 7.26. The Bertz CT molecular complexity index is 579. The smallest absolute Gasteiger partial charge is 0.275 e. The monoisotopic (exact) mass is 234 g/mol. The van der Waals surface area contributed by atoms with Crippen molar-refractivity contribution >= 4 is 34.4 Å². The number of aliphatic imine (C=N–C) groups is 1. The van der Waals surface area contributed by atoms with E-state index in [0.717, 1.165) is 17.0 Å². The van der Waals surface area contributed by atoms with Crippen molar-refractivity contribution in [2.75, 3.05) is 0 Å². The van der Waals surface area contributed by atoms with E-state index in [0.29, 0.717) is 5.69 Å². The van der Waals surface area contributed by atoms with E-state index in [1.807, 2.05) is 12.1 Å². The quantitative estimate of drug-likeness (QED) is 0.591. The number of thiocarbonyl (C=S) groups is 1. The van der Waals surface area contributed by atoms with Gasteiger partial charge in [-0.2, -0.15) is 4.99 Å². The molecule has 5 heteroatoms. The second kappa shape index (κ2) is 4.31. The van der Waals surface area contributed by atoms with Gasteiger partial charge in [-0.15, -0.1) is 0 Å². The number of isothiocyanates is 1. The van der Waals surface area contributed by atoms with Crippen molar-refractivity contribution < 1.29 is 0 Å². The van der Waals surface area contributed by atoms with E-state index in [-0.39, 0.29) is 4.87 Å². The summed E-state index contributed by atoms with van der Waals surface area (Å²) in [6.45, 7) is 0. The van der Waals surface area contributed by atoms with Gasteiger partial charge in [0.1, 0.15) is 0 Å². The van der Waals surface area contributed by atoms with Crippen LogP contribution < -0.4 is 4.87 Å². The lowest BCUT2D eigenvalue weighted by atomic mass is 10.3. The summed E-state index contributed by atoms with van der Waals surface area (Å²) in [4.78, 5) is 15.2. The largest absolute Gasteiger partial charge is 0.311 e. The average Bonchev–Trinajstić information content (AvgIpc) is 2.65. The van der Waals surface area contributed by atoms with Crippen LogP contribution in [0.4, 0.5) is 5.69 Å². The molecule has 2 rings (SSSR count). The van der Waals surface area contributed by atoms with Gasteiger partial charge in [0, 0.05) is 11.6 Å². The molecule has 0 aliphatic heterocycles. The summed E-state index contributed by atoms with van der Waals surface area (Å²) < 4.78 is 1.56.